The summed E-state index contributed by atoms with van der Waals surface area (Å²) in [6.45, 7) is 1.68. The highest BCUT2D eigenvalue weighted by atomic mass is 19.1. The molecule has 1 fully saturated rings. The minimum Gasteiger partial charge on any atom is -0.453 e. The molecule has 1 saturated heterocycles. The number of piperidine rings is 1. The first-order valence-electron chi connectivity index (χ1n) is 6.97. The number of ether oxygens (including phenoxy) is 1. The lowest BCUT2D eigenvalue weighted by atomic mass is 9.96. The van der Waals surface area contributed by atoms with E-state index in [1.165, 1.54) is 19.2 Å². The molecule has 1 aliphatic heterocycles. The molecule has 1 aromatic carbocycles. The maximum Gasteiger partial charge on any atom is 0.406 e. The normalized spacial score (nSPS) is 15.6. The number of nitrogens with one attached hydrogen (secondary N) is 1. The molecule has 0 radical (unpaired) electrons. The zero-order chi connectivity index (χ0) is 15.2. The number of hydrogen-bond acceptors (Lipinski definition) is 3. The van der Waals surface area contributed by atoms with Gasteiger partial charge in [-0.2, -0.15) is 0 Å². The Morgan fingerprint density at radius 1 is 1.33 bits per heavy atom. The number of carbonyl (C=O) groups is 2. The summed E-state index contributed by atoms with van der Waals surface area (Å²) in [5.41, 5.74) is 0.114. The van der Waals surface area contributed by atoms with Crippen LogP contribution in [0.5, 0.6) is 0 Å². The molecule has 2 amide bonds. The number of alkyl carbamates (subject to hydrolysis) is 1. The van der Waals surface area contributed by atoms with Gasteiger partial charge in [-0.15, -0.1) is 0 Å². The van der Waals surface area contributed by atoms with E-state index < -0.39 is 11.9 Å². The van der Waals surface area contributed by atoms with Crippen molar-refractivity contribution < 1.29 is 18.7 Å². The topological polar surface area (TPSA) is 58.6 Å². The SMILES string of the molecule is COC(=O)NCC1CCN(C(=O)c2ccccc2F)CC1. The number of amides is 2. The van der Waals surface area contributed by atoms with Gasteiger partial charge < -0.3 is 15.0 Å². The summed E-state index contributed by atoms with van der Waals surface area (Å²) < 4.78 is 18.1. The van der Waals surface area contributed by atoms with Crippen molar-refractivity contribution in [1.29, 1.82) is 0 Å². The van der Waals surface area contributed by atoms with Crippen LogP contribution < -0.4 is 5.32 Å². The lowest BCUT2D eigenvalue weighted by Crippen LogP contribution is -2.41. The third kappa shape index (κ3) is 3.93. The Balaban J connectivity index is 1.85. The van der Waals surface area contributed by atoms with Gasteiger partial charge >= 0.3 is 6.09 Å². The number of methoxy groups -OCH3 is 1. The van der Waals surface area contributed by atoms with Crippen molar-refractivity contribution in [2.75, 3.05) is 26.7 Å². The fourth-order valence-corrected chi connectivity index (χ4v) is 2.45. The molecule has 6 heteroatoms. The monoisotopic (exact) mass is 294 g/mol. The first kappa shape index (κ1) is 15.3. The van der Waals surface area contributed by atoms with E-state index in [4.69, 9.17) is 0 Å². The van der Waals surface area contributed by atoms with Crippen molar-refractivity contribution in [3.05, 3.63) is 35.6 Å². The summed E-state index contributed by atoms with van der Waals surface area (Å²) in [6, 6.07) is 6.02. The van der Waals surface area contributed by atoms with E-state index >= 15 is 0 Å². The molecule has 0 bridgehead atoms. The molecule has 0 aromatic heterocycles. The molecule has 0 spiro atoms. The van der Waals surface area contributed by atoms with Gasteiger partial charge in [-0.3, -0.25) is 4.79 Å². The van der Waals surface area contributed by atoms with Crippen LogP contribution in [0, 0.1) is 11.7 Å². The summed E-state index contributed by atoms with van der Waals surface area (Å²) in [6.07, 6.45) is 1.12. The third-order valence-corrected chi connectivity index (χ3v) is 3.73. The predicted octanol–water partition coefficient (Wildman–Crippen LogP) is 2.03. The molecule has 1 heterocycles. The van der Waals surface area contributed by atoms with E-state index in [-0.39, 0.29) is 11.5 Å². The van der Waals surface area contributed by atoms with Crippen LogP contribution in [0.4, 0.5) is 9.18 Å². The Labute approximate surface area is 123 Å². The number of hydrogen-bond donors (Lipinski definition) is 1. The van der Waals surface area contributed by atoms with Crippen LogP contribution in [0.3, 0.4) is 0 Å². The minimum atomic E-state index is -0.489. The lowest BCUT2D eigenvalue weighted by Gasteiger charge is -2.32. The summed E-state index contributed by atoms with van der Waals surface area (Å²) in [4.78, 5) is 24.9. The molecule has 0 aliphatic carbocycles. The first-order chi connectivity index (χ1) is 10.1. The lowest BCUT2D eigenvalue weighted by molar-refractivity contribution is 0.0683. The van der Waals surface area contributed by atoms with Gasteiger partial charge in [-0.25, -0.2) is 9.18 Å². The van der Waals surface area contributed by atoms with Crippen LogP contribution in [0.15, 0.2) is 24.3 Å². The van der Waals surface area contributed by atoms with Crippen molar-refractivity contribution in [1.82, 2.24) is 10.2 Å². The van der Waals surface area contributed by atoms with Gasteiger partial charge in [0.15, 0.2) is 0 Å². The number of rotatable bonds is 3. The molecule has 21 heavy (non-hydrogen) atoms. The van der Waals surface area contributed by atoms with Crippen molar-refractivity contribution >= 4 is 12.0 Å². The van der Waals surface area contributed by atoms with Crippen LogP contribution in [0.1, 0.15) is 23.2 Å². The van der Waals surface area contributed by atoms with E-state index in [2.05, 4.69) is 10.1 Å². The van der Waals surface area contributed by atoms with Crippen molar-refractivity contribution in [2.45, 2.75) is 12.8 Å². The van der Waals surface area contributed by atoms with Gasteiger partial charge in [-0.05, 0) is 30.9 Å². The number of nitrogens with zero attached hydrogens (tertiary/aromatic N) is 1. The summed E-state index contributed by atoms with van der Waals surface area (Å²) in [5, 5.41) is 2.66. The Bertz CT molecular complexity index is 513. The Morgan fingerprint density at radius 2 is 2.00 bits per heavy atom. The molecule has 1 aliphatic rings. The van der Waals surface area contributed by atoms with Crippen molar-refractivity contribution in [3.63, 3.8) is 0 Å². The minimum absolute atomic E-state index is 0.114. The maximum atomic E-state index is 13.6. The predicted molar refractivity (Wildman–Crippen MR) is 75.4 cm³/mol. The smallest absolute Gasteiger partial charge is 0.406 e. The number of carbonyl (C=O) groups excluding carboxylic acids is 2. The molecule has 114 valence electrons. The van der Waals surface area contributed by atoms with E-state index in [0.717, 1.165) is 12.8 Å². The third-order valence-electron chi connectivity index (χ3n) is 3.73. The van der Waals surface area contributed by atoms with E-state index in [1.807, 2.05) is 0 Å². The second-order valence-corrected chi connectivity index (χ2v) is 5.09. The molecule has 2 rings (SSSR count). The largest absolute Gasteiger partial charge is 0.453 e. The molecule has 0 atom stereocenters. The summed E-state index contributed by atoms with van der Waals surface area (Å²) >= 11 is 0. The number of likely N-dealkylation sites (tertiary alicyclic amines) is 1. The molecular formula is C15H19FN2O3. The first-order valence-corrected chi connectivity index (χ1v) is 6.97. The summed E-state index contributed by atoms with van der Waals surface area (Å²) in [5.74, 6) is -0.446. The Morgan fingerprint density at radius 3 is 2.62 bits per heavy atom. The molecule has 1 N–H and O–H groups in total. The molecule has 0 saturated carbocycles. The number of halogens is 1. The van der Waals surface area contributed by atoms with Crippen molar-refractivity contribution in [2.24, 2.45) is 5.92 Å². The average Bonchev–Trinajstić information content (AvgIpc) is 2.53. The standard InChI is InChI=1S/C15H19FN2O3/c1-21-15(20)17-10-11-6-8-18(9-7-11)14(19)12-4-2-3-5-13(12)16/h2-5,11H,6-10H2,1H3,(H,17,20). The molecular weight excluding hydrogens is 275 g/mol. The van der Waals surface area contributed by atoms with Gasteiger partial charge in [0.05, 0.1) is 12.7 Å². The summed E-state index contributed by atoms with van der Waals surface area (Å²) in [7, 11) is 1.32. The van der Waals surface area contributed by atoms with Crippen LogP contribution in [0.2, 0.25) is 0 Å². The van der Waals surface area contributed by atoms with Crippen molar-refractivity contribution in [3.8, 4) is 0 Å². The highest BCUT2D eigenvalue weighted by Gasteiger charge is 2.25. The average molecular weight is 294 g/mol. The van der Waals surface area contributed by atoms with Gasteiger partial charge in [0.1, 0.15) is 5.82 Å². The van der Waals surface area contributed by atoms with Crippen LogP contribution in [0.25, 0.3) is 0 Å². The van der Waals surface area contributed by atoms with Gasteiger partial charge in [-0.1, -0.05) is 12.1 Å². The quantitative estimate of drug-likeness (QED) is 0.928. The van der Waals surface area contributed by atoms with E-state index in [0.29, 0.717) is 25.6 Å². The fourth-order valence-electron chi connectivity index (χ4n) is 2.45. The van der Waals surface area contributed by atoms with Crippen LogP contribution in [-0.2, 0) is 4.74 Å². The second kappa shape index (κ2) is 7.06. The van der Waals surface area contributed by atoms with Crippen LogP contribution in [-0.4, -0.2) is 43.6 Å². The van der Waals surface area contributed by atoms with Gasteiger partial charge in [0.2, 0.25) is 0 Å². The molecule has 5 nitrogen and oxygen atoms in total. The Kier molecular flexibility index (Phi) is 5.14. The highest BCUT2D eigenvalue weighted by Crippen LogP contribution is 2.19. The second-order valence-electron chi connectivity index (χ2n) is 5.09. The highest BCUT2D eigenvalue weighted by molar-refractivity contribution is 5.94. The molecule has 0 unspecified atom stereocenters. The Hall–Kier alpha value is -2.11. The van der Waals surface area contributed by atoms with Gasteiger partial charge in [0.25, 0.3) is 5.91 Å². The van der Waals surface area contributed by atoms with Gasteiger partial charge in [0, 0.05) is 19.6 Å². The fraction of sp³-hybridized carbons (Fsp3) is 0.467. The van der Waals surface area contributed by atoms with Crippen LogP contribution >= 0.6 is 0 Å². The van der Waals surface area contributed by atoms with E-state index in [9.17, 15) is 14.0 Å². The number of benzene rings is 1. The maximum absolute atomic E-state index is 13.6. The molecule has 1 aromatic rings. The van der Waals surface area contributed by atoms with E-state index in [1.54, 1.807) is 17.0 Å². The zero-order valence-electron chi connectivity index (χ0n) is 12.0. The zero-order valence-corrected chi connectivity index (χ0v) is 12.0.